The van der Waals surface area contributed by atoms with Crippen LogP contribution in [-0.2, 0) is 4.79 Å². The van der Waals surface area contributed by atoms with Gasteiger partial charge in [-0.15, -0.1) is 11.8 Å². The molecule has 2 atom stereocenters. The highest BCUT2D eigenvalue weighted by Gasteiger charge is 2.33. The Bertz CT molecular complexity index is 711. The number of benzene rings is 1. The number of hydrogen-bond donors (Lipinski definition) is 1. The molecule has 4 nitrogen and oxygen atoms in total. The van der Waals surface area contributed by atoms with E-state index < -0.39 is 0 Å². The zero-order valence-corrected chi connectivity index (χ0v) is 13.6. The minimum atomic E-state index is -0.000534. The summed E-state index contributed by atoms with van der Waals surface area (Å²) < 4.78 is 0. The molecule has 1 fully saturated rings. The molecular formula is C18H19N3OS. The van der Waals surface area contributed by atoms with Gasteiger partial charge in [0.25, 0.3) is 0 Å². The van der Waals surface area contributed by atoms with E-state index in [-0.39, 0.29) is 11.8 Å². The second-order valence-corrected chi connectivity index (χ2v) is 7.18. The molecule has 1 aromatic carbocycles. The molecule has 0 saturated carbocycles. The smallest absolute Gasteiger partial charge is 0.230 e. The Labute approximate surface area is 140 Å². The second kappa shape index (κ2) is 6.24. The van der Waals surface area contributed by atoms with Crippen LogP contribution in [0, 0.1) is 5.92 Å². The Morgan fingerprint density at radius 2 is 2.17 bits per heavy atom. The van der Waals surface area contributed by atoms with Gasteiger partial charge in [0.1, 0.15) is 0 Å². The highest BCUT2D eigenvalue weighted by molar-refractivity contribution is 8.08. The minimum Gasteiger partial charge on any atom is -0.342 e. The lowest BCUT2D eigenvalue weighted by Crippen LogP contribution is -2.33. The van der Waals surface area contributed by atoms with Crippen LogP contribution in [0.3, 0.4) is 0 Å². The fraction of sp³-hybridized carbons (Fsp3) is 0.333. The molecule has 1 amide bonds. The maximum atomic E-state index is 12.8. The number of aromatic amines is 1. The lowest BCUT2D eigenvalue weighted by molar-refractivity contribution is -0.132. The van der Waals surface area contributed by atoms with Gasteiger partial charge in [-0.05, 0) is 12.0 Å². The van der Waals surface area contributed by atoms with Gasteiger partial charge in [-0.3, -0.25) is 9.89 Å². The Hall–Kier alpha value is -2.01. The number of likely N-dealkylation sites (tertiary alicyclic amines) is 1. The van der Waals surface area contributed by atoms with Crippen molar-refractivity contribution in [3.63, 3.8) is 0 Å². The number of rotatable bonds is 3. The van der Waals surface area contributed by atoms with E-state index in [0.717, 1.165) is 35.7 Å². The number of amides is 1. The van der Waals surface area contributed by atoms with Crippen molar-refractivity contribution in [1.29, 1.82) is 0 Å². The van der Waals surface area contributed by atoms with Crippen molar-refractivity contribution in [3.05, 3.63) is 59.9 Å². The van der Waals surface area contributed by atoms with Crippen LogP contribution in [-0.4, -0.2) is 39.8 Å². The summed E-state index contributed by atoms with van der Waals surface area (Å²) in [6, 6.07) is 10.5. The largest absolute Gasteiger partial charge is 0.342 e. The molecule has 2 aliphatic heterocycles. The lowest BCUT2D eigenvalue weighted by Gasteiger charge is -2.19. The number of carbonyl (C=O) groups excluding carboxylic acids is 1. The first-order valence-electron chi connectivity index (χ1n) is 7.99. The van der Waals surface area contributed by atoms with Gasteiger partial charge >= 0.3 is 0 Å². The summed E-state index contributed by atoms with van der Waals surface area (Å²) in [7, 11) is 0. The molecule has 3 heterocycles. The van der Waals surface area contributed by atoms with Crippen molar-refractivity contribution in [3.8, 4) is 0 Å². The zero-order valence-electron chi connectivity index (χ0n) is 12.8. The van der Waals surface area contributed by atoms with Gasteiger partial charge in [-0.1, -0.05) is 36.4 Å². The Morgan fingerprint density at radius 3 is 2.96 bits per heavy atom. The maximum absolute atomic E-state index is 12.8. The molecule has 118 valence electrons. The predicted molar refractivity (Wildman–Crippen MR) is 92.9 cm³/mol. The summed E-state index contributed by atoms with van der Waals surface area (Å²) in [6.45, 7) is 1.72. The summed E-state index contributed by atoms with van der Waals surface area (Å²) >= 11 is 1.75. The fourth-order valence-corrected chi connectivity index (χ4v) is 4.50. The van der Waals surface area contributed by atoms with Gasteiger partial charge < -0.3 is 4.90 Å². The molecule has 0 aliphatic carbocycles. The van der Waals surface area contributed by atoms with Gasteiger partial charge in [0.15, 0.2) is 0 Å². The Kier molecular flexibility index (Phi) is 3.95. The van der Waals surface area contributed by atoms with E-state index in [9.17, 15) is 4.79 Å². The summed E-state index contributed by atoms with van der Waals surface area (Å²) in [6.07, 6.45) is 6.86. The molecule has 4 rings (SSSR count). The summed E-state index contributed by atoms with van der Waals surface area (Å²) in [4.78, 5) is 16.0. The second-order valence-electron chi connectivity index (χ2n) is 6.12. The van der Waals surface area contributed by atoms with E-state index in [4.69, 9.17) is 0 Å². The number of H-pyrrole nitrogens is 1. The van der Waals surface area contributed by atoms with Crippen molar-refractivity contribution in [2.24, 2.45) is 5.92 Å². The van der Waals surface area contributed by atoms with E-state index in [1.807, 2.05) is 23.4 Å². The SMILES string of the molecule is O=C(C1C=C(c2cn[nH]c2)SC1)N1CCC(c2ccccc2)C1. The number of nitrogens with zero attached hydrogens (tertiary/aromatic N) is 2. The van der Waals surface area contributed by atoms with Crippen LogP contribution >= 0.6 is 11.8 Å². The maximum Gasteiger partial charge on any atom is 0.230 e. The molecule has 2 aliphatic rings. The number of hydrogen-bond acceptors (Lipinski definition) is 3. The van der Waals surface area contributed by atoms with Gasteiger partial charge in [0, 0.05) is 41.4 Å². The number of aromatic nitrogens is 2. The number of thioether (sulfide) groups is 1. The quantitative estimate of drug-likeness (QED) is 0.943. The van der Waals surface area contributed by atoms with Gasteiger partial charge in [-0.2, -0.15) is 5.10 Å². The molecule has 0 bridgehead atoms. The number of carbonyl (C=O) groups is 1. The first-order chi connectivity index (χ1) is 11.3. The van der Waals surface area contributed by atoms with Crippen LogP contribution in [0.25, 0.3) is 4.91 Å². The third kappa shape index (κ3) is 2.93. The van der Waals surface area contributed by atoms with Crippen molar-refractivity contribution in [2.45, 2.75) is 12.3 Å². The van der Waals surface area contributed by atoms with E-state index in [1.54, 1.807) is 11.8 Å². The highest BCUT2D eigenvalue weighted by atomic mass is 32.2. The topological polar surface area (TPSA) is 49.0 Å². The summed E-state index contributed by atoms with van der Waals surface area (Å²) in [5, 5.41) is 6.81. The van der Waals surface area contributed by atoms with Crippen LogP contribution in [0.5, 0.6) is 0 Å². The summed E-state index contributed by atoms with van der Waals surface area (Å²) in [5.74, 6) is 1.59. The first-order valence-corrected chi connectivity index (χ1v) is 8.97. The van der Waals surface area contributed by atoms with E-state index in [1.165, 1.54) is 5.56 Å². The highest BCUT2D eigenvalue weighted by Crippen LogP contribution is 2.38. The molecule has 5 heteroatoms. The van der Waals surface area contributed by atoms with Crippen LogP contribution in [0.4, 0.5) is 0 Å². The normalized spacial score (nSPS) is 24.0. The molecule has 23 heavy (non-hydrogen) atoms. The molecule has 2 unspecified atom stereocenters. The third-order valence-electron chi connectivity index (χ3n) is 4.64. The van der Waals surface area contributed by atoms with Crippen molar-refractivity contribution >= 4 is 22.6 Å². The van der Waals surface area contributed by atoms with Crippen molar-refractivity contribution < 1.29 is 4.79 Å². The Balaban J connectivity index is 1.43. The average Bonchev–Trinajstić information content (AvgIpc) is 3.35. The lowest BCUT2D eigenvalue weighted by atomic mass is 9.99. The Morgan fingerprint density at radius 1 is 1.30 bits per heavy atom. The van der Waals surface area contributed by atoms with Crippen molar-refractivity contribution in [1.82, 2.24) is 15.1 Å². The van der Waals surface area contributed by atoms with Crippen LogP contribution < -0.4 is 0 Å². The predicted octanol–water partition coefficient (Wildman–Crippen LogP) is 3.13. The monoisotopic (exact) mass is 325 g/mol. The van der Waals surface area contributed by atoms with E-state index in [0.29, 0.717) is 5.92 Å². The molecular weight excluding hydrogens is 306 g/mol. The third-order valence-corrected chi connectivity index (χ3v) is 5.85. The van der Waals surface area contributed by atoms with Crippen molar-refractivity contribution in [2.75, 3.05) is 18.8 Å². The van der Waals surface area contributed by atoms with E-state index >= 15 is 0 Å². The average molecular weight is 325 g/mol. The molecule has 0 spiro atoms. The number of nitrogens with one attached hydrogen (secondary N) is 1. The van der Waals surface area contributed by atoms with Crippen LogP contribution in [0.1, 0.15) is 23.5 Å². The van der Waals surface area contributed by atoms with Gasteiger partial charge in [0.05, 0.1) is 12.1 Å². The molecule has 1 saturated heterocycles. The zero-order chi connectivity index (χ0) is 15.6. The molecule has 1 aromatic heterocycles. The minimum absolute atomic E-state index is 0.000534. The van der Waals surface area contributed by atoms with Gasteiger partial charge in [0.2, 0.25) is 5.91 Å². The molecule has 1 N–H and O–H groups in total. The fourth-order valence-electron chi connectivity index (χ4n) is 3.36. The van der Waals surface area contributed by atoms with Crippen LogP contribution in [0.2, 0.25) is 0 Å². The first kappa shape index (κ1) is 14.6. The van der Waals surface area contributed by atoms with E-state index in [2.05, 4.69) is 40.5 Å². The summed E-state index contributed by atoms with van der Waals surface area (Å²) in [5.41, 5.74) is 2.42. The van der Waals surface area contributed by atoms with Gasteiger partial charge in [-0.25, -0.2) is 0 Å². The molecule has 0 radical (unpaired) electrons. The van der Waals surface area contributed by atoms with Crippen LogP contribution in [0.15, 0.2) is 48.8 Å². The molecule has 2 aromatic rings. The standard InChI is InChI=1S/C18H19N3OS/c22-18(15-8-17(23-12-15)16-9-19-20-10-16)21-7-6-14(11-21)13-4-2-1-3-5-13/h1-5,8-10,14-15H,6-7,11-12H2,(H,19,20).